The Morgan fingerprint density at radius 3 is 2.00 bits per heavy atom. The Hall–Kier alpha value is -3.27. The summed E-state index contributed by atoms with van der Waals surface area (Å²) in [5.74, 6) is 0. The highest BCUT2D eigenvalue weighted by atomic mass is 31.2. The van der Waals surface area contributed by atoms with Gasteiger partial charge in [-0.15, -0.1) is 6.58 Å². The molecule has 30 heavy (non-hydrogen) atoms. The fourth-order valence-electron chi connectivity index (χ4n) is 3.18. The summed E-state index contributed by atoms with van der Waals surface area (Å²) in [5, 5.41) is 16.0. The van der Waals surface area contributed by atoms with E-state index in [0.717, 1.165) is 0 Å². The van der Waals surface area contributed by atoms with Gasteiger partial charge in [0.25, 0.3) is 5.69 Å². The van der Waals surface area contributed by atoms with Crippen LogP contribution in [0.1, 0.15) is 12.0 Å². The molecule has 0 fully saturated rings. The van der Waals surface area contributed by atoms with Gasteiger partial charge in [0.2, 0.25) is 7.29 Å². The van der Waals surface area contributed by atoms with Crippen molar-refractivity contribution >= 4 is 29.7 Å². The summed E-state index contributed by atoms with van der Waals surface area (Å²) in [6.07, 6.45) is 5.75. The Balaban J connectivity index is 1.98. The molecule has 0 aliphatic carbocycles. The van der Waals surface area contributed by atoms with Crippen LogP contribution in [0.2, 0.25) is 0 Å². The summed E-state index contributed by atoms with van der Waals surface area (Å²) in [7, 11) is -3.15. The van der Waals surface area contributed by atoms with E-state index in [1.54, 1.807) is 30.4 Å². The molecule has 5 nitrogen and oxygen atoms in total. The van der Waals surface area contributed by atoms with Gasteiger partial charge < -0.3 is 0 Å². The third-order valence-corrected chi connectivity index (χ3v) is 7.40. The average Bonchev–Trinajstić information content (AvgIpc) is 2.79. The zero-order valence-corrected chi connectivity index (χ0v) is 17.3. The predicted octanol–water partition coefficient (Wildman–Crippen LogP) is 5.07. The second kappa shape index (κ2) is 9.97. The predicted molar refractivity (Wildman–Crippen MR) is 124 cm³/mol. The lowest BCUT2D eigenvalue weighted by molar-refractivity contribution is -0.385. The van der Waals surface area contributed by atoms with Crippen molar-refractivity contribution < 1.29 is 9.49 Å². The molecule has 0 radical (unpaired) electrons. The summed E-state index contributed by atoms with van der Waals surface area (Å²) < 4.78 is 14.2. The average molecular weight is 418 g/mol. The smallest absolute Gasteiger partial charge is 0.276 e. The fraction of sp³-hybridized carbons (Fsp3) is 0.0833. The Kier molecular flexibility index (Phi) is 7.12. The second-order valence-electron chi connectivity index (χ2n) is 6.72. The van der Waals surface area contributed by atoms with Crippen molar-refractivity contribution in [2.45, 2.75) is 12.5 Å². The number of nitrogens with one attached hydrogen (secondary N) is 1. The summed E-state index contributed by atoms with van der Waals surface area (Å²) in [6, 6.07) is 24.8. The van der Waals surface area contributed by atoms with Crippen LogP contribution < -0.4 is 15.7 Å². The number of para-hydroxylation sites is 1. The van der Waals surface area contributed by atoms with E-state index in [1.807, 2.05) is 66.7 Å². The van der Waals surface area contributed by atoms with Gasteiger partial charge in [-0.1, -0.05) is 66.8 Å². The van der Waals surface area contributed by atoms with Crippen LogP contribution in [-0.2, 0) is 4.57 Å². The number of hydrogen-bond donors (Lipinski definition) is 1. The van der Waals surface area contributed by atoms with E-state index in [4.69, 9.17) is 0 Å². The molecule has 6 heteroatoms. The van der Waals surface area contributed by atoms with Crippen LogP contribution >= 0.6 is 7.29 Å². The zero-order valence-electron chi connectivity index (χ0n) is 16.4. The summed E-state index contributed by atoms with van der Waals surface area (Å²) in [5.41, 5.74) is 0.521. The topological polar surface area (TPSA) is 72.2 Å². The van der Waals surface area contributed by atoms with Crippen LogP contribution in [0.25, 0.3) is 6.08 Å². The van der Waals surface area contributed by atoms with Crippen molar-refractivity contribution in [2.24, 2.45) is 0 Å². The van der Waals surface area contributed by atoms with Crippen LogP contribution in [0.15, 0.2) is 104 Å². The molecule has 3 rings (SSSR count). The van der Waals surface area contributed by atoms with Gasteiger partial charge in [0.1, 0.15) is 0 Å². The Labute approximate surface area is 176 Å². The molecule has 0 unspecified atom stereocenters. The van der Waals surface area contributed by atoms with Crippen molar-refractivity contribution in [1.29, 1.82) is 0 Å². The SMILES string of the molecule is C=CC[C@H](/C=C/c1ccccc1[N+](=O)[O-])NP(=O)(c1ccccc1)c1ccccc1. The molecule has 0 saturated heterocycles. The highest BCUT2D eigenvalue weighted by molar-refractivity contribution is 7.76. The minimum atomic E-state index is -3.15. The molecule has 152 valence electrons. The van der Waals surface area contributed by atoms with Crippen LogP contribution in [0.5, 0.6) is 0 Å². The Morgan fingerprint density at radius 2 is 1.47 bits per heavy atom. The van der Waals surface area contributed by atoms with E-state index in [1.165, 1.54) is 6.07 Å². The summed E-state index contributed by atoms with van der Waals surface area (Å²) >= 11 is 0. The second-order valence-corrected chi connectivity index (χ2v) is 9.22. The molecular weight excluding hydrogens is 395 g/mol. The van der Waals surface area contributed by atoms with Gasteiger partial charge >= 0.3 is 0 Å². The fourth-order valence-corrected chi connectivity index (χ4v) is 5.61. The molecule has 1 atom stereocenters. The number of nitro groups is 1. The zero-order chi connectivity index (χ0) is 21.4. The normalized spacial score (nSPS) is 12.5. The molecule has 0 saturated carbocycles. The number of benzene rings is 3. The van der Waals surface area contributed by atoms with Gasteiger partial charge in [-0.25, -0.2) is 0 Å². The third-order valence-electron chi connectivity index (χ3n) is 4.65. The lowest BCUT2D eigenvalue weighted by atomic mass is 10.1. The molecule has 0 spiro atoms. The van der Waals surface area contributed by atoms with Crippen molar-refractivity contribution in [3.8, 4) is 0 Å². The van der Waals surface area contributed by atoms with E-state index in [9.17, 15) is 14.7 Å². The quantitative estimate of drug-likeness (QED) is 0.228. The first-order valence-corrected chi connectivity index (χ1v) is 11.3. The van der Waals surface area contributed by atoms with Crippen LogP contribution in [0.3, 0.4) is 0 Å². The molecule has 3 aromatic carbocycles. The van der Waals surface area contributed by atoms with Crippen LogP contribution in [0.4, 0.5) is 5.69 Å². The van der Waals surface area contributed by atoms with E-state index < -0.39 is 12.2 Å². The van der Waals surface area contributed by atoms with Crippen molar-refractivity contribution in [3.63, 3.8) is 0 Å². The van der Waals surface area contributed by atoms with Gasteiger partial charge in [-0.05, 0) is 36.8 Å². The Morgan fingerprint density at radius 1 is 0.933 bits per heavy atom. The molecule has 0 bridgehead atoms. The number of rotatable bonds is 9. The van der Waals surface area contributed by atoms with Crippen molar-refractivity contribution in [3.05, 3.63) is 119 Å². The first-order valence-electron chi connectivity index (χ1n) is 9.56. The van der Waals surface area contributed by atoms with Crippen LogP contribution in [0, 0.1) is 10.1 Å². The van der Waals surface area contributed by atoms with Gasteiger partial charge in [0.05, 0.1) is 10.5 Å². The molecular formula is C24H23N2O3P. The van der Waals surface area contributed by atoms with E-state index in [0.29, 0.717) is 22.6 Å². The van der Waals surface area contributed by atoms with E-state index in [2.05, 4.69) is 11.7 Å². The molecule has 0 amide bonds. The Bertz CT molecular complexity index is 1040. The third kappa shape index (κ3) is 5.01. The van der Waals surface area contributed by atoms with Gasteiger partial charge in [-0.2, -0.15) is 0 Å². The van der Waals surface area contributed by atoms with Gasteiger partial charge in [0, 0.05) is 22.7 Å². The maximum Gasteiger partial charge on any atom is 0.276 e. The highest BCUT2D eigenvalue weighted by Crippen LogP contribution is 2.39. The van der Waals surface area contributed by atoms with Crippen molar-refractivity contribution in [1.82, 2.24) is 5.09 Å². The maximum absolute atomic E-state index is 14.2. The molecule has 1 N–H and O–H groups in total. The van der Waals surface area contributed by atoms with Gasteiger partial charge in [-0.3, -0.25) is 19.8 Å². The van der Waals surface area contributed by atoms with Crippen LogP contribution in [-0.4, -0.2) is 11.0 Å². The lowest BCUT2D eigenvalue weighted by Crippen LogP contribution is -2.33. The molecule has 0 aromatic heterocycles. The maximum atomic E-state index is 14.2. The van der Waals surface area contributed by atoms with Gasteiger partial charge in [0.15, 0.2) is 0 Å². The minimum absolute atomic E-state index is 0.0282. The molecule has 0 aliphatic heterocycles. The van der Waals surface area contributed by atoms with E-state index >= 15 is 0 Å². The van der Waals surface area contributed by atoms with Crippen molar-refractivity contribution in [2.75, 3.05) is 0 Å². The molecule has 0 heterocycles. The standard InChI is InChI=1S/C24H23N2O3P/c1-2-11-21(19-18-20-12-9-10-17-24(20)26(27)28)25-30(29,22-13-5-3-6-14-22)23-15-7-4-8-16-23/h2-10,12-19,21H,1,11H2,(H,25,29)/b19-18+/t21-/m1/s1. The molecule has 0 aliphatic rings. The lowest BCUT2D eigenvalue weighted by Gasteiger charge is -2.25. The largest absolute Gasteiger partial charge is 0.297 e. The number of nitrogens with zero attached hydrogens (tertiary/aromatic N) is 1. The summed E-state index contributed by atoms with van der Waals surface area (Å²) in [6.45, 7) is 3.80. The number of nitro benzene ring substituents is 1. The van der Waals surface area contributed by atoms with E-state index in [-0.39, 0.29) is 11.7 Å². The number of hydrogen-bond acceptors (Lipinski definition) is 3. The molecule has 3 aromatic rings. The first-order chi connectivity index (χ1) is 14.5. The summed E-state index contributed by atoms with van der Waals surface area (Å²) in [4.78, 5) is 10.9. The first kappa shape index (κ1) is 21.4. The highest BCUT2D eigenvalue weighted by Gasteiger charge is 2.29. The minimum Gasteiger partial charge on any atom is -0.297 e. The monoisotopic (exact) mass is 418 g/mol.